The molecule has 1 aromatic carbocycles. The van der Waals surface area contributed by atoms with Crippen LogP contribution in [-0.2, 0) is 16.0 Å². The number of amides is 2. The summed E-state index contributed by atoms with van der Waals surface area (Å²) in [4.78, 5) is 27.0. The van der Waals surface area contributed by atoms with Crippen LogP contribution >= 0.6 is 12.4 Å². The molecule has 1 fully saturated rings. The maximum atomic E-state index is 12.8. The summed E-state index contributed by atoms with van der Waals surface area (Å²) in [5, 5.41) is 6.12. The van der Waals surface area contributed by atoms with E-state index in [9.17, 15) is 9.59 Å². The third-order valence-corrected chi connectivity index (χ3v) is 4.51. The molecule has 2 unspecified atom stereocenters. The number of carbonyl (C=O) groups excluding carboxylic acids is 2. The van der Waals surface area contributed by atoms with E-state index in [1.807, 2.05) is 49.2 Å². The lowest BCUT2D eigenvalue weighted by Crippen LogP contribution is -2.48. The number of nitrogens with zero attached hydrogens (tertiary/aromatic N) is 1. The zero-order chi connectivity index (χ0) is 17.4. The van der Waals surface area contributed by atoms with Gasteiger partial charge in [0, 0.05) is 13.1 Å². The maximum absolute atomic E-state index is 12.8. The zero-order valence-electron chi connectivity index (χ0n) is 15.2. The summed E-state index contributed by atoms with van der Waals surface area (Å²) in [5.74, 6) is 0.497. The molecule has 2 amide bonds. The van der Waals surface area contributed by atoms with Crippen molar-refractivity contribution in [2.75, 3.05) is 26.7 Å². The Morgan fingerprint density at radius 3 is 2.64 bits per heavy atom. The van der Waals surface area contributed by atoms with Gasteiger partial charge in [0.2, 0.25) is 11.8 Å². The molecule has 0 aromatic heterocycles. The van der Waals surface area contributed by atoms with Gasteiger partial charge in [-0.2, -0.15) is 0 Å². The summed E-state index contributed by atoms with van der Waals surface area (Å²) in [7, 11) is 1.94. The van der Waals surface area contributed by atoms with E-state index < -0.39 is 6.04 Å². The largest absolute Gasteiger partial charge is 0.344 e. The van der Waals surface area contributed by atoms with Crippen LogP contribution in [-0.4, -0.2) is 49.4 Å². The van der Waals surface area contributed by atoms with Crippen LogP contribution < -0.4 is 10.6 Å². The highest BCUT2D eigenvalue weighted by Crippen LogP contribution is 2.17. The van der Waals surface area contributed by atoms with E-state index in [2.05, 4.69) is 10.6 Å². The van der Waals surface area contributed by atoms with Gasteiger partial charge in [-0.15, -0.1) is 12.4 Å². The summed E-state index contributed by atoms with van der Waals surface area (Å²) in [6.07, 6.45) is 2.91. The monoisotopic (exact) mass is 367 g/mol. The number of benzene rings is 1. The fourth-order valence-corrected chi connectivity index (χ4v) is 3.28. The molecule has 0 saturated carbocycles. The molecular weight excluding hydrogens is 338 g/mol. The van der Waals surface area contributed by atoms with E-state index in [0.29, 0.717) is 18.8 Å². The second-order valence-corrected chi connectivity index (χ2v) is 6.57. The van der Waals surface area contributed by atoms with E-state index in [0.717, 1.165) is 38.0 Å². The molecule has 0 radical (unpaired) electrons. The van der Waals surface area contributed by atoms with Crippen molar-refractivity contribution in [1.29, 1.82) is 0 Å². The number of hydrogen-bond acceptors (Lipinski definition) is 3. The Kier molecular flexibility index (Phi) is 9.53. The topological polar surface area (TPSA) is 61.4 Å². The number of hydrogen-bond donors (Lipinski definition) is 2. The Labute approximate surface area is 157 Å². The first-order valence-electron chi connectivity index (χ1n) is 8.90. The summed E-state index contributed by atoms with van der Waals surface area (Å²) >= 11 is 0. The van der Waals surface area contributed by atoms with Gasteiger partial charge in [-0.25, -0.2) is 0 Å². The smallest absolute Gasteiger partial charge is 0.245 e. The van der Waals surface area contributed by atoms with E-state index in [4.69, 9.17) is 0 Å². The SMILES string of the molecule is CCCC(NC(=O)Cc1ccccc1)C(=O)N1CCC(CNC)C1.Cl. The highest BCUT2D eigenvalue weighted by molar-refractivity contribution is 5.88. The average molecular weight is 368 g/mol. The molecule has 1 saturated heterocycles. The molecule has 1 heterocycles. The predicted molar refractivity (Wildman–Crippen MR) is 103 cm³/mol. The Balaban J connectivity index is 0.00000312. The molecule has 5 nitrogen and oxygen atoms in total. The van der Waals surface area contributed by atoms with Gasteiger partial charge >= 0.3 is 0 Å². The summed E-state index contributed by atoms with van der Waals surface area (Å²) in [6.45, 7) is 4.55. The highest BCUT2D eigenvalue weighted by Gasteiger charge is 2.30. The van der Waals surface area contributed by atoms with Crippen molar-refractivity contribution >= 4 is 24.2 Å². The fraction of sp³-hybridized carbons (Fsp3) is 0.579. The third kappa shape index (κ3) is 6.67. The van der Waals surface area contributed by atoms with Gasteiger partial charge in [0.25, 0.3) is 0 Å². The highest BCUT2D eigenvalue weighted by atomic mass is 35.5. The number of rotatable bonds is 8. The molecule has 0 aliphatic carbocycles. The molecule has 0 spiro atoms. The minimum absolute atomic E-state index is 0. The Hall–Kier alpha value is -1.59. The first-order valence-corrected chi connectivity index (χ1v) is 8.90. The van der Waals surface area contributed by atoms with Gasteiger partial charge in [-0.05, 0) is 37.9 Å². The standard InChI is InChI=1S/C19H29N3O2.ClH/c1-3-7-17(19(24)22-11-10-16(14-22)13-20-2)21-18(23)12-15-8-5-4-6-9-15;/h4-6,8-9,16-17,20H,3,7,10-14H2,1-2H3,(H,21,23);1H. The van der Waals surface area contributed by atoms with Crippen LogP contribution in [0.25, 0.3) is 0 Å². The molecule has 2 N–H and O–H groups in total. The molecule has 1 aromatic rings. The molecule has 2 atom stereocenters. The summed E-state index contributed by atoms with van der Waals surface area (Å²) in [6, 6.07) is 9.23. The van der Waals surface area contributed by atoms with Crippen LogP contribution in [0, 0.1) is 5.92 Å². The van der Waals surface area contributed by atoms with Crippen molar-refractivity contribution in [2.24, 2.45) is 5.92 Å². The first-order chi connectivity index (χ1) is 11.6. The molecule has 1 aliphatic rings. The van der Waals surface area contributed by atoms with Gasteiger partial charge in [0.1, 0.15) is 6.04 Å². The lowest BCUT2D eigenvalue weighted by molar-refractivity contribution is -0.135. The van der Waals surface area contributed by atoms with E-state index in [-0.39, 0.29) is 24.2 Å². The van der Waals surface area contributed by atoms with Crippen molar-refractivity contribution in [3.8, 4) is 0 Å². The normalized spacial score (nSPS) is 17.7. The van der Waals surface area contributed by atoms with Gasteiger partial charge in [-0.1, -0.05) is 43.7 Å². The number of carbonyl (C=O) groups is 2. The zero-order valence-corrected chi connectivity index (χ0v) is 16.0. The minimum atomic E-state index is -0.403. The van der Waals surface area contributed by atoms with Crippen molar-refractivity contribution in [3.63, 3.8) is 0 Å². The van der Waals surface area contributed by atoms with Crippen LogP contribution in [0.15, 0.2) is 30.3 Å². The lowest BCUT2D eigenvalue weighted by Gasteiger charge is -2.24. The average Bonchev–Trinajstić information content (AvgIpc) is 3.03. The Morgan fingerprint density at radius 2 is 2.00 bits per heavy atom. The van der Waals surface area contributed by atoms with E-state index in [1.165, 1.54) is 0 Å². The van der Waals surface area contributed by atoms with Crippen molar-refractivity contribution < 1.29 is 9.59 Å². The van der Waals surface area contributed by atoms with Crippen LogP contribution in [0.4, 0.5) is 0 Å². The fourth-order valence-electron chi connectivity index (χ4n) is 3.28. The van der Waals surface area contributed by atoms with E-state index in [1.54, 1.807) is 0 Å². The Bertz CT molecular complexity index is 539. The number of halogens is 1. The van der Waals surface area contributed by atoms with Crippen LogP contribution in [0.2, 0.25) is 0 Å². The van der Waals surface area contributed by atoms with Crippen LogP contribution in [0.1, 0.15) is 31.7 Å². The second kappa shape index (κ2) is 11.1. The van der Waals surface area contributed by atoms with Crippen molar-refractivity contribution in [1.82, 2.24) is 15.5 Å². The van der Waals surface area contributed by atoms with Gasteiger partial charge in [-0.3, -0.25) is 9.59 Å². The molecule has 2 rings (SSSR count). The quantitative estimate of drug-likeness (QED) is 0.738. The van der Waals surface area contributed by atoms with Gasteiger partial charge in [0.15, 0.2) is 0 Å². The second-order valence-electron chi connectivity index (χ2n) is 6.57. The van der Waals surface area contributed by atoms with Gasteiger partial charge < -0.3 is 15.5 Å². The third-order valence-electron chi connectivity index (χ3n) is 4.51. The van der Waals surface area contributed by atoms with Crippen LogP contribution in [0.3, 0.4) is 0 Å². The predicted octanol–water partition coefficient (Wildman–Crippen LogP) is 2.00. The van der Waals surface area contributed by atoms with Crippen molar-refractivity contribution in [3.05, 3.63) is 35.9 Å². The number of likely N-dealkylation sites (tertiary alicyclic amines) is 1. The van der Waals surface area contributed by atoms with Gasteiger partial charge in [0.05, 0.1) is 6.42 Å². The molecular formula is C19H30ClN3O2. The summed E-state index contributed by atoms with van der Waals surface area (Å²) in [5.41, 5.74) is 0.966. The molecule has 1 aliphatic heterocycles. The minimum Gasteiger partial charge on any atom is -0.344 e. The number of nitrogens with one attached hydrogen (secondary N) is 2. The Morgan fingerprint density at radius 1 is 1.28 bits per heavy atom. The molecule has 6 heteroatoms. The maximum Gasteiger partial charge on any atom is 0.245 e. The van der Waals surface area contributed by atoms with Crippen LogP contribution in [0.5, 0.6) is 0 Å². The molecule has 0 bridgehead atoms. The summed E-state index contributed by atoms with van der Waals surface area (Å²) < 4.78 is 0. The van der Waals surface area contributed by atoms with Crippen molar-refractivity contribution in [2.45, 2.75) is 38.6 Å². The molecule has 140 valence electrons. The lowest BCUT2D eigenvalue weighted by atomic mass is 10.1. The molecule has 25 heavy (non-hydrogen) atoms. The first kappa shape index (κ1) is 21.5. The van der Waals surface area contributed by atoms with E-state index >= 15 is 0 Å².